The molecule has 0 amide bonds. The van der Waals surface area contributed by atoms with Gasteiger partial charge in [-0.3, -0.25) is 9.59 Å². The van der Waals surface area contributed by atoms with Crippen LogP contribution in [0.5, 0.6) is 0 Å². The van der Waals surface area contributed by atoms with Gasteiger partial charge in [0.15, 0.2) is 11.9 Å². The Kier molecular flexibility index (Phi) is 5.37. The van der Waals surface area contributed by atoms with Gasteiger partial charge in [-0.25, -0.2) is 4.79 Å². The van der Waals surface area contributed by atoms with Gasteiger partial charge in [-0.15, -0.1) is 0 Å². The molecular weight excluding hydrogens is 488 g/mol. The van der Waals surface area contributed by atoms with E-state index in [1.807, 2.05) is 13.8 Å². The molecule has 2 aliphatic heterocycles. The number of hydrogen-bond acceptors (Lipinski definition) is 8. The summed E-state index contributed by atoms with van der Waals surface area (Å²) < 4.78 is 17.7. The van der Waals surface area contributed by atoms with Crippen molar-refractivity contribution in [2.24, 2.45) is 28.6 Å². The fraction of sp³-hybridized carbons (Fsp3) is 0.767. The molecule has 0 unspecified atom stereocenters. The zero-order valence-electron chi connectivity index (χ0n) is 23.2. The molecule has 0 aromatic heterocycles. The Morgan fingerprint density at radius 3 is 2.50 bits per heavy atom. The van der Waals surface area contributed by atoms with Crippen LogP contribution in [0.25, 0.3) is 0 Å². The number of ketones is 1. The van der Waals surface area contributed by atoms with Crippen LogP contribution >= 0.6 is 0 Å². The summed E-state index contributed by atoms with van der Waals surface area (Å²) in [5, 5.41) is 24.4. The van der Waals surface area contributed by atoms with Gasteiger partial charge in [-0.2, -0.15) is 0 Å². The van der Waals surface area contributed by atoms with Crippen molar-refractivity contribution in [3.63, 3.8) is 0 Å². The zero-order chi connectivity index (χ0) is 27.6. The summed E-state index contributed by atoms with van der Waals surface area (Å²) in [4.78, 5) is 38.0. The smallest absolute Gasteiger partial charge is 0.334 e. The second-order valence-electron chi connectivity index (χ2n) is 13.5. The van der Waals surface area contributed by atoms with Crippen molar-refractivity contribution >= 4 is 17.7 Å². The molecule has 38 heavy (non-hydrogen) atoms. The Balaban J connectivity index is 1.34. The first-order valence-electron chi connectivity index (χ1n) is 14.0. The number of epoxide rings is 1. The van der Waals surface area contributed by atoms with Crippen molar-refractivity contribution in [1.82, 2.24) is 0 Å². The molecule has 1 saturated heterocycles. The van der Waals surface area contributed by atoms with Gasteiger partial charge in [0.1, 0.15) is 22.9 Å². The number of aliphatic hydroxyl groups is 2. The van der Waals surface area contributed by atoms with Crippen LogP contribution in [-0.2, 0) is 28.6 Å². The maximum atomic E-state index is 13.6. The van der Waals surface area contributed by atoms with Crippen molar-refractivity contribution in [3.8, 4) is 0 Å². The molecule has 11 atom stereocenters. The molecule has 1 spiro atoms. The molecule has 4 fully saturated rings. The number of rotatable bonds is 3. The Morgan fingerprint density at radius 2 is 1.84 bits per heavy atom. The lowest BCUT2D eigenvalue weighted by Gasteiger charge is -2.61. The average Bonchev–Trinajstić information content (AvgIpc) is 3.50. The van der Waals surface area contributed by atoms with Gasteiger partial charge < -0.3 is 24.4 Å². The maximum Gasteiger partial charge on any atom is 0.334 e. The number of fused-ring (bicyclic) bond motifs is 4. The minimum atomic E-state index is -1.65. The van der Waals surface area contributed by atoms with Gasteiger partial charge in [-0.05, 0) is 89.7 Å². The standard InChI is InChI=1S/C30H40O8/c1-15-13-23(37-25(33)16(15)2)28(6,34)29(35)12-10-19-18-14-24-30(38-24)22(36-17(3)31)8-7-21(32)27(30,5)20(18)9-11-26(19,29)4/h7-8,18-20,22-24,34-35H,9-14H2,1-6H3/t18-,19-,20-,22-,23-,24+,26-,27-,28-,29+,30+/m0/s1. The SMILES string of the molecule is CC(=O)O[C@H]1C=CC(=O)[C@]2(C)[C@H]3CC[C@@]4(C)[C@@H](CC[C@]4(O)[C@@](C)(O)[C@@H]4CC(C)=C(C)C(=O)O4)[C@@H]3C[C@H]3O[C@]132. The van der Waals surface area contributed by atoms with E-state index < -0.39 is 51.8 Å². The first-order valence-corrected chi connectivity index (χ1v) is 14.0. The molecule has 0 bridgehead atoms. The summed E-state index contributed by atoms with van der Waals surface area (Å²) in [6, 6.07) is 0. The van der Waals surface area contributed by atoms with Crippen LogP contribution in [0.1, 0.15) is 80.1 Å². The van der Waals surface area contributed by atoms with E-state index in [1.54, 1.807) is 26.0 Å². The van der Waals surface area contributed by atoms with Crippen LogP contribution in [0.15, 0.2) is 23.3 Å². The quantitative estimate of drug-likeness (QED) is 0.423. The minimum Gasteiger partial charge on any atom is -0.455 e. The largest absolute Gasteiger partial charge is 0.455 e. The predicted molar refractivity (Wildman–Crippen MR) is 136 cm³/mol. The highest BCUT2D eigenvalue weighted by molar-refractivity contribution is 5.98. The number of cyclic esters (lactones) is 1. The van der Waals surface area contributed by atoms with Gasteiger partial charge in [0.05, 0.1) is 11.5 Å². The summed E-state index contributed by atoms with van der Waals surface area (Å²) >= 11 is 0. The molecule has 0 aromatic carbocycles. The Bertz CT molecular complexity index is 1180. The Labute approximate surface area is 223 Å². The average molecular weight is 529 g/mol. The van der Waals surface area contributed by atoms with Gasteiger partial charge in [-0.1, -0.05) is 12.5 Å². The van der Waals surface area contributed by atoms with Crippen molar-refractivity contribution < 1.29 is 38.8 Å². The molecule has 8 nitrogen and oxygen atoms in total. The first-order chi connectivity index (χ1) is 17.6. The lowest BCUT2D eigenvalue weighted by atomic mass is 9.43. The fourth-order valence-corrected chi connectivity index (χ4v) is 9.76. The highest BCUT2D eigenvalue weighted by Gasteiger charge is 2.82. The van der Waals surface area contributed by atoms with Gasteiger partial charge in [0, 0.05) is 24.3 Å². The van der Waals surface area contributed by atoms with Crippen molar-refractivity contribution in [2.75, 3.05) is 0 Å². The van der Waals surface area contributed by atoms with Crippen LogP contribution in [-0.4, -0.2) is 63.0 Å². The normalized spacial score (nSPS) is 50.7. The van der Waals surface area contributed by atoms with Crippen molar-refractivity contribution in [2.45, 2.75) is 115 Å². The van der Waals surface area contributed by atoms with Gasteiger partial charge in [0.25, 0.3) is 0 Å². The highest BCUT2D eigenvalue weighted by Crippen LogP contribution is 2.74. The molecule has 4 aliphatic carbocycles. The van der Waals surface area contributed by atoms with E-state index in [9.17, 15) is 24.6 Å². The van der Waals surface area contributed by atoms with Crippen LogP contribution < -0.4 is 0 Å². The van der Waals surface area contributed by atoms with Gasteiger partial charge in [0.2, 0.25) is 0 Å². The summed E-state index contributed by atoms with van der Waals surface area (Å²) in [5.41, 5.74) is -4.00. The van der Waals surface area contributed by atoms with Crippen LogP contribution in [0.2, 0.25) is 0 Å². The minimum absolute atomic E-state index is 0.00229. The number of allylic oxidation sites excluding steroid dienone is 1. The third-order valence-corrected chi connectivity index (χ3v) is 12.2. The lowest BCUT2D eigenvalue weighted by Crippen LogP contribution is -2.69. The predicted octanol–water partition coefficient (Wildman–Crippen LogP) is 3.18. The molecular formula is C30H40O8. The second kappa shape index (κ2) is 7.79. The van der Waals surface area contributed by atoms with Gasteiger partial charge >= 0.3 is 11.9 Å². The van der Waals surface area contributed by atoms with E-state index in [-0.39, 0.29) is 29.6 Å². The summed E-state index contributed by atoms with van der Waals surface area (Å²) in [6.45, 7) is 10.6. The van der Waals surface area contributed by atoms with Crippen molar-refractivity contribution in [1.29, 1.82) is 0 Å². The van der Waals surface area contributed by atoms with Crippen LogP contribution in [0.4, 0.5) is 0 Å². The molecule has 2 N–H and O–H groups in total. The maximum absolute atomic E-state index is 13.6. The van der Waals surface area contributed by atoms with E-state index >= 15 is 0 Å². The highest BCUT2D eigenvalue weighted by atomic mass is 16.7. The summed E-state index contributed by atoms with van der Waals surface area (Å²) in [5.74, 6) is -0.670. The molecule has 6 aliphatic rings. The molecule has 0 aromatic rings. The second-order valence-corrected chi connectivity index (χ2v) is 13.5. The Morgan fingerprint density at radius 1 is 1.16 bits per heavy atom. The number of hydrogen-bond donors (Lipinski definition) is 2. The molecule has 0 radical (unpaired) electrons. The lowest BCUT2D eigenvalue weighted by molar-refractivity contribution is -0.253. The molecule has 6 rings (SSSR count). The number of carbonyl (C=O) groups excluding carboxylic acids is 3. The molecule has 2 heterocycles. The zero-order valence-corrected chi connectivity index (χ0v) is 23.2. The molecule has 208 valence electrons. The molecule has 8 heteroatoms. The van der Waals surface area contributed by atoms with E-state index in [4.69, 9.17) is 14.2 Å². The Hall–Kier alpha value is -2.03. The number of esters is 2. The van der Waals surface area contributed by atoms with Crippen LogP contribution in [0, 0.1) is 28.6 Å². The third kappa shape index (κ3) is 2.89. The number of carbonyl (C=O) groups is 3. The van der Waals surface area contributed by atoms with Crippen LogP contribution in [0.3, 0.4) is 0 Å². The van der Waals surface area contributed by atoms with E-state index in [1.165, 1.54) is 6.92 Å². The van der Waals surface area contributed by atoms with E-state index in [0.717, 1.165) is 12.0 Å². The van der Waals surface area contributed by atoms with E-state index in [2.05, 4.69) is 6.92 Å². The monoisotopic (exact) mass is 528 g/mol. The van der Waals surface area contributed by atoms with E-state index in [0.29, 0.717) is 37.7 Å². The molecule has 3 saturated carbocycles. The first kappa shape index (κ1) is 26.2. The third-order valence-electron chi connectivity index (χ3n) is 12.2. The topological polar surface area (TPSA) is 123 Å². The number of ether oxygens (including phenoxy) is 3. The summed E-state index contributed by atoms with van der Waals surface area (Å²) in [6.07, 6.45) is 5.07. The summed E-state index contributed by atoms with van der Waals surface area (Å²) in [7, 11) is 0. The fourth-order valence-electron chi connectivity index (χ4n) is 9.76. The van der Waals surface area contributed by atoms with Crippen molar-refractivity contribution in [3.05, 3.63) is 23.3 Å².